The Labute approximate surface area is 375 Å². The van der Waals surface area contributed by atoms with E-state index in [2.05, 4.69) is 178 Å². The van der Waals surface area contributed by atoms with Crippen molar-refractivity contribution in [2.75, 3.05) is 28.9 Å². The molecule has 9 aromatic rings. The number of aliphatic hydroxyl groups is 1. The lowest BCUT2D eigenvalue weighted by molar-refractivity contribution is -0.681. The van der Waals surface area contributed by atoms with Crippen LogP contribution in [0.4, 0.5) is 68.2 Å². The lowest BCUT2D eigenvalue weighted by Crippen LogP contribution is -2.96. The van der Waals surface area contributed by atoms with E-state index in [1.54, 1.807) is 14.2 Å². The van der Waals surface area contributed by atoms with Crippen LogP contribution in [0, 0.1) is 0 Å². The Morgan fingerprint density at radius 2 is 0.625 bits per heavy atom. The van der Waals surface area contributed by atoms with Crippen molar-refractivity contribution in [1.82, 2.24) is 0 Å². The van der Waals surface area contributed by atoms with Crippen LogP contribution in [0.25, 0.3) is 0 Å². The number of rotatable bonds is 15. The summed E-state index contributed by atoms with van der Waals surface area (Å²) in [5.41, 5.74) is 13.2. The predicted molar refractivity (Wildman–Crippen MR) is 262 cm³/mol. The number of hydrogen-bond acceptors (Lipinski definition) is 6. The maximum atomic E-state index is 10.0. The largest absolute Gasteiger partial charge is 0.497 e. The van der Waals surface area contributed by atoms with Gasteiger partial charge in [0.2, 0.25) is 0 Å². The molecule has 0 atom stereocenters. The van der Waals surface area contributed by atoms with E-state index in [-0.39, 0.29) is 6.61 Å². The zero-order valence-corrected chi connectivity index (χ0v) is 35.8. The lowest BCUT2D eigenvalue weighted by atomic mass is 10.1. The summed E-state index contributed by atoms with van der Waals surface area (Å²) in [4.78, 5) is 7.81. The molecule has 64 heavy (non-hydrogen) atoms. The number of methoxy groups -OCH3 is 2. The number of aliphatic hydroxyl groups excluding tert-OH is 1. The maximum Gasteiger partial charge on any atom is 0.141 e. The topological polar surface area (TPSA) is 52.8 Å². The standard InChI is InChI=1S/C57H48N4O3/c1-63-56-25-13-23-54(40-56)60(45-18-8-4-9-19-45)51-35-29-48(30-36-51)58(47-27-33-50(34-28-47)59(44-16-6-3-7-17-44)53-22-12-15-43(39-53)42-62)49-31-37-52(38-32-49)61(46-20-10-5-11-21-46)55-24-14-26-57(41-55)64-2/h3-41,62H,42H2,1-2H3/p+1. The Bertz CT molecular complexity index is 2570. The highest BCUT2D eigenvalue weighted by molar-refractivity contribution is 5.80. The first kappa shape index (κ1) is 41.3. The van der Waals surface area contributed by atoms with Gasteiger partial charge < -0.3 is 29.3 Å². The van der Waals surface area contributed by atoms with Crippen molar-refractivity contribution in [3.05, 3.63) is 242 Å². The third-order valence-electron chi connectivity index (χ3n) is 11.3. The molecule has 0 aliphatic rings. The second-order valence-corrected chi connectivity index (χ2v) is 15.3. The molecule has 7 nitrogen and oxygen atoms in total. The highest BCUT2D eigenvalue weighted by Crippen LogP contribution is 2.39. The first-order valence-electron chi connectivity index (χ1n) is 21.3. The summed E-state index contributed by atoms with van der Waals surface area (Å²) in [7, 11) is 3.40. The quantitative estimate of drug-likeness (QED) is 0.107. The number of hydrogen-bond donors (Lipinski definition) is 2. The van der Waals surface area contributed by atoms with Crippen LogP contribution >= 0.6 is 0 Å². The maximum absolute atomic E-state index is 10.0. The number of nitrogens with one attached hydrogen (secondary N) is 1. The number of benzene rings is 9. The fourth-order valence-corrected chi connectivity index (χ4v) is 8.20. The van der Waals surface area contributed by atoms with Gasteiger partial charge >= 0.3 is 0 Å². The zero-order chi connectivity index (χ0) is 43.7. The van der Waals surface area contributed by atoms with Crippen LogP contribution in [0.1, 0.15) is 5.56 Å². The molecule has 9 rings (SSSR count). The second-order valence-electron chi connectivity index (χ2n) is 15.3. The van der Waals surface area contributed by atoms with E-state index in [1.807, 2.05) is 72.8 Å². The minimum absolute atomic E-state index is 0.0311. The van der Waals surface area contributed by atoms with E-state index in [1.165, 1.54) is 0 Å². The van der Waals surface area contributed by atoms with Gasteiger partial charge in [-0.1, -0.05) is 78.9 Å². The van der Waals surface area contributed by atoms with Gasteiger partial charge in [-0.25, -0.2) is 4.90 Å². The molecule has 0 aliphatic carbocycles. The van der Waals surface area contributed by atoms with Crippen molar-refractivity contribution < 1.29 is 19.5 Å². The molecule has 2 N–H and O–H groups in total. The van der Waals surface area contributed by atoms with Crippen LogP contribution in [0.5, 0.6) is 11.5 Å². The smallest absolute Gasteiger partial charge is 0.141 e. The molecule has 314 valence electrons. The van der Waals surface area contributed by atoms with Gasteiger partial charge in [0.1, 0.15) is 28.6 Å². The van der Waals surface area contributed by atoms with E-state index >= 15 is 0 Å². The second kappa shape index (κ2) is 19.3. The fourth-order valence-electron chi connectivity index (χ4n) is 8.20. The van der Waals surface area contributed by atoms with Crippen molar-refractivity contribution >= 4 is 68.2 Å². The van der Waals surface area contributed by atoms with Crippen molar-refractivity contribution in [3.63, 3.8) is 0 Å². The van der Waals surface area contributed by atoms with Crippen LogP contribution in [0.3, 0.4) is 0 Å². The number of nitrogens with zero attached hydrogens (tertiary/aromatic N) is 3. The molecular formula is C57H49N4O3+. The van der Waals surface area contributed by atoms with E-state index in [4.69, 9.17) is 9.47 Å². The summed E-state index contributed by atoms with van der Waals surface area (Å²) in [5, 5.41) is 10.0. The minimum Gasteiger partial charge on any atom is -0.497 e. The molecular weight excluding hydrogens is 789 g/mol. The number of quaternary nitrogens is 1. The van der Waals surface area contributed by atoms with Gasteiger partial charge in [-0.2, -0.15) is 0 Å². The number of para-hydroxylation sites is 3. The normalized spacial score (nSPS) is 10.9. The Morgan fingerprint density at radius 1 is 0.328 bits per heavy atom. The first-order chi connectivity index (χ1) is 31.6. The van der Waals surface area contributed by atoms with Crippen LogP contribution < -0.4 is 29.1 Å². The molecule has 0 saturated heterocycles. The van der Waals surface area contributed by atoms with Crippen LogP contribution in [0.15, 0.2) is 237 Å². The fraction of sp³-hybridized carbons (Fsp3) is 0.0526. The molecule has 0 unspecified atom stereocenters. The van der Waals surface area contributed by atoms with E-state index in [9.17, 15) is 5.11 Å². The molecule has 0 bridgehead atoms. The third-order valence-corrected chi connectivity index (χ3v) is 11.3. The van der Waals surface area contributed by atoms with Crippen LogP contribution in [0.2, 0.25) is 0 Å². The van der Waals surface area contributed by atoms with E-state index in [0.717, 1.165) is 90.2 Å². The summed E-state index contributed by atoms with van der Waals surface area (Å²) in [6.07, 6.45) is 0. The van der Waals surface area contributed by atoms with Gasteiger partial charge in [-0.05, 0) is 115 Å². The van der Waals surface area contributed by atoms with Crippen molar-refractivity contribution in [1.29, 1.82) is 0 Å². The van der Waals surface area contributed by atoms with Crippen LogP contribution in [-0.4, -0.2) is 19.3 Å². The molecule has 0 amide bonds. The first-order valence-corrected chi connectivity index (χ1v) is 21.3. The molecule has 9 aromatic carbocycles. The summed E-state index contributed by atoms with van der Waals surface area (Å²) < 4.78 is 11.3. The van der Waals surface area contributed by atoms with Gasteiger partial charge in [0.15, 0.2) is 0 Å². The van der Waals surface area contributed by atoms with Gasteiger partial charge in [-0.15, -0.1) is 0 Å². The summed E-state index contributed by atoms with van der Waals surface area (Å²) in [5.74, 6) is 1.59. The van der Waals surface area contributed by atoms with Crippen LogP contribution in [-0.2, 0) is 6.61 Å². The molecule has 7 heteroatoms. The Morgan fingerprint density at radius 3 is 0.953 bits per heavy atom. The summed E-state index contributed by atoms with van der Waals surface area (Å²) in [6, 6.07) is 81.9. The Balaban J connectivity index is 1.14. The third kappa shape index (κ3) is 8.94. The van der Waals surface area contributed by atoms with E-state index < -0.39 is 0 Å². The molecule has 0 fully saturated rings. The molecule has 0 heterocycles. The van der Waals surface area contributed by atoms with Crippen molar-refractivity contribution in [2.45, 2.75) is 6.61 Å². The van der Waals surface area contributed by atoms with Crippen molar-refractivity contribution in [3.8, 4) is 11.5 Å². The molecule has 0 saturated carbocycles. The molecule has 0 aromatic heterocycles. The van der Waals surface area contributed by atoms with Crippen molar-refractivity contribution in [2.24, 2.45) is 0 Å². The summed E-state index contributed by atoms with van der Waals surface area (Å²) in [6.45, 7) is -0.0311. The number of anilines is 9. The van der Waals surface area contributed by atoms with Gasteiger partial charge in [0, 0.05) is 99.7 Å². The SMILES string of the molecule is COc1cccc(N(c2ccccc2)c2ccc([NH+](c3ccc(N(c4ccccc4)c4cccc(CO)c4)cc3)c3ccc(N(c4ccccc4)c4cccc(OC)c4)cc3)cc2)c1. The Kier molecular flexibility index (Phi) is 12.4. The monoisotopic (exact) mass is 837 g/mol. The Hall–Kier alpha value is -8.10. The van der Waals surface area contributed by atoms with E-state index in [0.29, 0.717) is 0 Å². The highest BCUT2D eigenvalue weighted by Gasteiger charge is 2.23. The summed E-state index contributed by atoms with van der Waals surface area (Å²) >= 11 is 0. The van der Waals surface area contributed by atoms with Gasteiger partial charge in [0.25, 0.3) is 0 Å². The predicted octanol–water partition coefficient (Wildman–Crippen LogP) is 13.8. The zero-order valence-electron chi connectivity index (χ0n) is 35.8. The molecule has 0 aliphatic heterocycles. The molecule has 0 radical (unpaired) electrons. The average Bonchev–Trinajstić information content (AvgIpc) is 3.37. The molecule has 0 spiro atoms. The lowest BCUT2D eigenvalue weighted by Gasteiger charge is -2.28. The number of ether oxygens (including phenoxy) is 2. The van der Waals surface area contributed by atoms with Gasteiger partial charge in [0.05, 0.1) is 20.8 Å². The van der Waals surface area contributed by atoms with Gasteiger partial charge in [-0.3, -0.25) is 0 Å². The average molecular weight is 838 g/mol. The minimum atomic E-state index is -0.0311. The highest BCUT2D eigenvalue weighted by atomic mass is 16.5.